The number of nitrogens with zero attached hydrogens (tertiary/aromatic N) is 1. The summed E-state index contributed by atoms with van der Waals surface area (Å²) in [4.78, 5) is 40.1. The molecule has 0 bridgehead atoms. The minimum atomic E-state index is -0.668. The molecule has 0 radical (unpaired) electrons. The number of benzene rings is 1. The van der Waals surface area contributed by atoms with Crippen molar-refractivity contribution in [2.45, 2.75) is 32.3 Å². The molecule has 146 valence electrons. The van der Waals surface area contributed by atoms with Gasteiger partial charge in [-0.25, -0.2) is 4.79 Å². The quantitative estimate of drug-likeness (QED) is 0.798. The molecule has 0 spiro atoms. The van der Waals surface area contributed by atoms with Crippen LogP contribution in [-0.4, -0.2) is 37.5 Å². The van der Waals surface area contributed by atoms with Gasteiger partial charge in [-0.1, -0.05) is 12.1 Å². The molecule has 0 unspecified atom stereocenters. The fraction of sp³-hybridized carbons (Fsp3) is 0.350. The number of carbonyl (C=O) groups excluding carboxylic acids is 3. The monoisotopic (exact) mass is 400 g/mol. The van der Waals surface area contributed by atoms with Gasteiger partial charge in [-0.2, -0.15) is 0 Å². The Kier molecular flexibility index (Phi) is 4.80. The van der Waals surface area contributed by atoms with E-state index in [0.717, 1.165) is 29.7 Å². The van der Waals surface area contributed by atoms with Gasteiger partial charge in [0.05, 0.1) is 18.4 Å². The number of carbonyl (C=O) groups is 3. The number of amides is 2. The summed E-state index contributed by atoms with van der Waals surface area (Å²) in [5.41, 5.74) is 1.96. The van der Waals surface area contributed by atoms with Gasteiger partial charge in [0, 0.05) is 4.88 Å². The number of thiophene rings is 1. The zero-order chi connectivity index (χ0) is 19.8. The van der Waals surface area contributed by atoms with Crippen molar-refractivity contribution in [1.29, 1.82) is 0 Å². The summed E-state index contributed by atoms with van der Waals surface area (Å²) < 4.78 is 10.5. The molecule has 1 aliphatic heterocycles. The number of fused-ring (bicyclic) bond motifs is 2. The maximum absolute atomic E-state index is 12.7. The Morgan fingerprint density at radius 3 is 2.89 bits per heavy atom. The van der Waals surface area contributed by atoms with E-state index in [4.69, 9.17) is 9.47 Å². The van der Waals surface area contributed by atoms with Crippen LogP contribution in [0.5, 0.6) is 5.75 Å². The first kappa shape index (κ1) is 18.5. The molecule has 1 aromatic heterocycles. The fourth-order valence-electron chi connectivity index (χ4n) is 3.64. The number of anilines is 2. The van der Waals surface area contributed by atoms with Gasteiger partial charge in [0.1, 0.15) is 17.3 Å². The summed E-state index contributed by atoms with van der Waals surface area (Å²) in [5, 5.41) is 3.30. The summed E-state index contributed by atoms with van der Waals surface area (Å²) in [6, 6.07) is 7.11. The van der Waals surface area contributed by atoms with Crippen molar-refractivity contribution in [1.82, 2.24) is 0 Å². The van der Waals surface area contributed by atoms with Crippen LogP contribution in [0.3, 0.4) is 0 Å². The van der Waals surface area contributed by atoms with Gasteiger partial charge in [-0.05, 0) is 43.9 Å². The number of ether oxygens (including phenoxy) is 2. The molecule has 8 heteroatoms. The van der Waals surface area contributed by atoms with Crippen LogP contribution in [0.15, 0.2) is 24.3 Å². The number of nitrogens with one attached hydrogen (secondary N) is 1. The smallest absolute Gasteiger partial charge is 0.341 e. The number of hydrogen-bond acceptors (Lipinski definition) is 6. The van der Waals surface area contributed by atoms with Crippen molar-refractivity contribution in [3.05, 3.63) is 40.3 Å². The molecule has 4 rings (SSSR count). The first-order valence-corrected chi connectivity index (χ1v) is 9.91. The number of esters is 1. The number of aryl methyl sites for hydroxylation is 1. The van der Waals surface area contributed by atoms with Gasteiger partial charge in [0.2, 0.25) is 5.91 Å². The highest BCUT2D eigenvalue weighted by molar-refractivity contribution is 7.17. The molecule has 1 aliphatic carbocycles. The highest BCUT2D eigenvalue weighted by Gasteiger charge is 2.33. The van der Waals surface area contributed by atoms with E-state index in [1.54, 1.807) is 25.1 Å². The Hall–Kier alpha value is -2.87. The van der Waals surface area contributed by atoms with Gasteiger partial charge in [-0.15, -0.1) is 11.3 Å². The Labute approximate surface area is 166 Å². The van der Waals surface area contributed by atoms with E-state index in [9.17, 15) is 14.4 Å². The standard InChI is InChI=1S/C20H20N2O5S/c1-11-19(24)22(13-7-3-4-8-14(13)27-11)10-16(23)21-18-17(20(25)26-2)12-6-5-9-15(12)28-18/h3-4,7-8,11H,5-6,9-10H2,1-2H3,(H,21,23)/t11-/m1/s1. The molecule has 1 aromatic carbocycles. The summed E-state index contributed by atoms with van der Waals surface area (Å²) in [7, 11) is 1.33. The first-order valence-electron chi connectivity index (χ1n) is 9.09. The van der Waals surface area contributed by atoms with Crippen LogP contribution in [0.1, 0.15) is 34.1 Å². The van der Waals surface area contributed by atoms with E-state index in [2.05, 4.69) is 5.32 Å². The summed E-state index contributed by atoms with van der Waals surface area (Å²) in [6.45, 7) is 1.50. The van der Waals surface area contributed by atoms with E-state index in [-0.39, 0.29) is 18.4 Å². The van der Waals surface area contributed by atoms with E-state index in [1.807, 2.05) is 6.07 Å². The van der Waals surface area contributed by atoms with E-state index in [0.29, 0.717) is 22.0 Å². The maximum Gasteiger partial charge on any atom is 0.341 e. The summed E-state index contributed by atoms with van der Waals surface area (Å²) >= 11 is 1.41. The molecular formula is C20H20N2O5S. The van der Waals surface area contributed by atoms with Crippen molar-refractivity contribution in [3.63, 3.8) is 0 Å². The van der Waals surface area contributed by atoms with Gasteiger partial charge < -0.3 is 14.8 Å². The van der Waals surface area contributed by atoms with Gasteiger partial charge in [0.25, 0.3) is 5.91 Å². The Balaban J connectivity index is 1.58. The maximum atomic E-state index is 12.7. The Morgan fingerprint density at radius 2 is 2.11 bits per heavy atom. The molecule has 28 heavy (non-hydrogen) atoms. The molecule has 0 fully saturated rings. The molecule has 2 aliphatic rings. The van der Waals surface area contributed by atoms with Crippen LogP contribution in [0.2, 0.25) is 0 Å². The van der Waals surface area contributed by atoms with Crippen LogP contribution in [-0.2, 0) is 27.2 Å². The number of hydrogen-bond donors (Lipinski definition) is 1. The SMILES string of the molecule is COC(=O)c1c(NC(=O)CN2C(=O)[C@@H](C)Oc3ccccc32)sc2c1CCC2. The molecule has 0 saturated heterocycles. The van der Waals surface area contributed by atoms with Crippen molar-refractivity contribution < 1.29 is 23.9 Å². The topological polar surface area (TPSA) is 84.9 Å². The van der Waals surface area contributed by atoms with Gasteiger partial charge in [0.15, 0.2) is 6.10 Å². The Bertz CT molecular complexity index is 968. The highest BCUT2D eigenvalue weighted by Crippen LogP contribution is 2.39. The molecular weight excluding hydrogens is 380 g/mol. The molecule has 1 atom stereocenters. The highest BCUT2D eigenvalue weighted by atomic mass is 32.1. The molecule has 2 aromatic rings. The normalized spacial score (nSPS) is 17.6. The minimum Gasteiger partial charge on any atom is -0.479 e. The van der Waals surface area contributed by atoms with Crippen molar-refractivity contribution >= 4 is 39.8 Å². The van der Waals surface area contributed by atoms with Gasteiger partial charge in [-0.3, -0.25) is 14.5 Å². The number of para-hydroxylation sites is 2. The van der Waals surface area contributed by atoms with E-state index in [1.165, 1.54) is 23.3 Å². The third-order valence-corrected chi connectivity index (χ3v) is 6.15. The van der Waals surface area contributed by atoms with Crippen LogP contribution in [0, 0.1) is 0 Å². The van der Waals surface area contributed by atoms with Crippen molar-refractivity contribution in [2.24, 2.45) is 0 Å². The predicted octanol–water partition coefficient (Wildman–Crippen LogP) is 2.78. The van der Waals surface area contributed by atoms with Crippen LogP contribution >= 0.6 is 11.3 Å². The third kappa shape index (κ3) is 3.13. The first-order chi connectivity index (χ1) is 13.5. The fourth-order valence-corrected chi connectivity index (χ4v) is 4.94. The molecule has 2 amide bonds. The molecule has 7 nitrogen and oxygen atoms in total. The van der Waals surface area contributed by atoms with Crippen LogP contribution < -0.4 is 15.0 Å². The van der Waals surface area contributed by atoms with Crippen LogP contribution in [0.25, 0.3) is 0 Å². The lowest BCUT2D eigenvalue weighted by Gasteiger charge is -2.32. The lowest BCUT2D eigenvalue weighted by molar-refractivity contribution is -0.127. The lowest BCUT2D eigenvalue weighted by Crippen LogP contribution is -2.47. The summed E-state index contributed by atoms with van der Waals surface area (Å²) in [6.07, 6.45) is 2.03. The second kappa shape index (κ2) is 7.27. The molecule has 2 heterocycles. The zero-order valence-electron chi connectivity index (χ0n) is 15.6. The van der Waals surface area contributed by atoms with E-state index >= 15 is 0 Å². The van der Waals surface area contributed by atoms with E-state index < -0.39 is 12.1 Å². The predicted molar refractivity (Wildman–Crippen MR) is 105 cm³/mol. The largest absolute Gasteiger partial charge is 0.479 e. The average Bonchev–Trinajstić information content (AvgIpc) is 3.25. The lowest BCUT2D eigenvalue weighted by atomic mass is 10.1. The number of rotatable bonds is 4. The molecule has 1 N–H and O–H groups in total. The zero-order valence-corrected chi connectivity index (χ0v) is 16.4. The summed E-state index contributed by atoms with van der Waals surface area (Å²) in [5.74, 6) is -0.540. The second-order valence-electron chi connectivity index (χ2n) is 6.75. The van der Waals surface area contributed by atoms with Crippen molar-refractivity contribution in [2.75, 3.05) is 23.9 Å². The Morgan fingerprint density at radius 1 is 1.32 bits per heavy atom. The van der Waals surface area contributed by atoms with Crippen LogP contribution in [0.4, 0.5) is 10.7 Å². The minimum absolute atomic E-state index is 0.160. The second-order valence-corrected chi connectivity index (χ2v) is 7.86. The van der Waals surface area contributed by atoms with Gasteiger partial charge >= 0.3 is 5.97 Å². The third-order valence-electron chi connectivity index (χ3n) is 4.94. The van der Waals surface area contributed by atoms with Crippen molar-refractivity contribution in [3.8, 4) is 5.75 Å². The number of methoxy groups -OCH3 is 1. The molecule has 0 saturated carbocycles. The average molecular weight is 400 g/mol.